The van der Waals surface area contributed by atoms with Crippen LogP contribution in [0.5, 0.6) is 5.88 Å². The van der Waals surface area contributed by atoms with E-state index in [-0.39, 0.29) is 6.04 Å². The first-order valence-corrected chi connectivity index (χ1v) is 6.78. The summed E-state index contributed by atoms with van der Waals surface area (Å²) in [6, 6.07) is 18.1. The zero-order valence-corrected chi connectivity index (χ0v) is 11.8. The molecule has 1 atom stereocenters. The Morgan fingerprint density at radius 3 is 2.57 bits per heavy atom. The molecule has 3 rings (SSSR count). The van der Waals surface area contributed by atoms with Crippen molar-refractivity contribution in [3.63, 3.8) is 0 Å². The van der Waals surface area contributed by atoms with Gasteiger partial charge in [0.1, 0.15) is 0 Å². The topological polar surface area (TPSA) is 60.2 Å². The van der Waals surface area contributed by atoms with E-state index in [1.165, 1.54) is 5.39 Å². The summed E-state index contributed by atoms with van der Waals surface area (Å²) in [4.78, 5) is 4.25. The Kier molecular flexibility index (Phi) is 3.81. The Labute approximate surface area is 123 Å². The van der Waals surface area contributed by atoms with E-state index in [0.29, 0.717) is 5.88 Å². The van der Waals surface area contributed by atoms with Crippen LogP contribution in [-0.4, -0.2) is 12.1 Å². The molecule has 21 heavy (non-hydrogen) atoms. The quantitative estimate of drug-likeness (QED) is 0.569. The van der Waals surface area contributed by atoms with E-state index < -0.39 is 0 Å². The van der Waals surface area contributed by atoms with Crippen LogP contribution >= 0.6 is 0 Å². The molecule has 0 fully saturated rings. The van der Waals surface area contributed by atoms with Crippen LogP contribution in [0.25, 0.3) is 10.8 Å². The first kappa shape index (κ1) is 13.5. The number of nitrogens with two attached hydrogens (primary N) is 1. The van der Waals surface area contributed by atoms with Crippen molar-refractivity contribution < 1.29 is 4.74 Å². The van der Waals surface area contributed by atoms with Crippen molar-refractivity contribution in [3.05, 3.63) is 71.9 Å². The minimum atomic E-state index is -0.181. The second kappa shape index (κ2) is 5.91. The number of rotatable bonds is 4. The van der Waals surface area contributed by atoms with Crippen molar-refractivity contribution in [2.24, 2.45) is 5.84 Å². The van der Waals surface area contributed by atoms with Crippen molar-refractivity contribution in [2.75, 3.05) is 7.11 Å². The minimum absolute atomic E-state index is 0.181. The molecule has 2 aromatic carbocycles. The lowest BCUT2D eigenvalue weighted by atomic mass is 9.94. The summed E-state index contributed by atoms with van der Waals surface area (Å²) in [6.07, 6.45) is 1.71. The van der Waals surface area contributed by atoms with Crippen molar-refractivity contribution in [1.82, 2.24) is 10.4 Å². The predicted octanol–water partition coefficient (Wildman–Crippen LogP) is 2.80. The zero-order valence-electron chi connectivity index (χ0n) is 11.8. The van der Waals surface area contributed by atoms with Crippen LogP contribution in [0.15, 0.2) is 60.8 Å². The van der Waals surface area contributed by atoms with E-state index in [9.17, 15) is 0 Å². The smallest absolute Gasteiger partial charge is 0.218 e. The number of nitrogens with one attached hydrogen (secondary N) is 1. The van der Waals surface area contributed by atoms with Gasteiger partial charge in [0.05, 0.1) is 13.2 Å². The molecular weight excluding hydrogens is 262 g/mol. The van der Waals surface area contributed by atoms with Gasteiger partial charge < -0.3 is 4.74 Å². The van der Waals surface area contributed by atoms with Crippen LogP contribution in [-0.2, 0) is 0 Å². The Hall–Kier alpha value is -2.43. The number of ether oxygens (including phenoxy) is 1. The molecule has 3 aromatic rings. The highest BCUT2D eigenvalue weighted by Crippen LogP contribution is 2.32. The molecule has 1 aromatic heterocycles. The Morgan fingerprint density at radius 2 is 1.76 bits per heavy atom. The summed E-state index contributed by atoms with van der Waals surface area (Å²) in [5.74, 6) is 6.40. The molecule has 0 saturated heterocycles. The standard InChI is InChI=1S/C17H17N3O/c1-21-17-15(10-5-11-19-17)16(20-18)14-9-4-7-12-6-2-3-8-13(12)14/h2-11,16,20H,18H2,1H3. The number of pyridine rings is 1. The second-order valence-electron chi connectivity index (χ2n) is 4.77. The maximum Gasteiger partial charge on any atom is 0.218 e. The molecule has 0 saturated carbocycles. The molecule has 0 radical (unpaired) electrons. The maximum absolute atomic E-state index is 5.82. The van der Waals surface area contributed by atoms with Gasteiger partial charge in [0.25, 0.3) is 0 Å². The normalized spacial score (nSPS) is 12.3. The molecule has 0 spiro atoms. The molecule has 1 heterocycles. The Bertz CT molecular complexity index is 752. The molecule has 1 unspecified atom stereocenters. The summed E-state index contributed by atoms with van der Waals surface area (Å²) < 4.78 is 5.36. The SMILES string of the molecule is COc1ncccc1C(NN)c1cccc2ccccc12. The lowest BCUT2D eigenvalue weighted by Crippen LogP contribution is -2.29. The van der Waals surface area contributed by atoms with Gasteiger partial charge in [0.2, 0.25) is 5.88 Å². The molecule has 0 aliphatic heterocycles. The minimum Gasteiger partial charge on any atom is -0.481 e. The second-order valence-corrected chi connectivity index (χ2v) is 4.77. The van der Waals surface area contributed by atoms with Gasteiger partial charge in [-0.05, 0) is 22.4 Å². The fraction of sp³-hybridized carbons (Fsp3) is 0.118. The third-order valence-electron chi connectivity index (χ3n) is 3.61. The van der Waals surface area contributed by atoms with Crippen molar-refractivity contribution in [3.8, 4) is 5.88 Å². The Balaban J connectivity index is 2.19. The molecular formula is C17H17N3O. The lowest BCUT2D eigenvalue weighted by Gasteiger charge is -2.20. The molecule has 0 amide bonds. The number of benzene rings is 2. The zero-order chi connectivity index (χ0) is 14.7. The largest absolute Gasteiger partial charge is 0.481 e. The average Bonchev–Trinajstić information content (AvgIpc) is 2.56. The number of nitrogens with zero attached hydrogens (tertiary/aromatic N) is 1. The first-order valence-electron chi connectivity index (χ1n) is 6.78. The predicted molar refractivity (Wildman–Crippen MR) is 83.9 cm³/mol. The van der Waals surface area contributed by atoms with E-state index >= 15 is 0 Å². The number of hydrogen-bond acceptors (Lipinski definition) is 4. The fourth-order valence-corrected chi connectivity index (χ4v) is 2.64. The summed E-state index contributed by atoms with van der Waals surface area (Å²) >= 11 is 0. The van der Waals surface area contributed by atoms with Gasteiger partial charge >= 0.3 is 0 Å². The highest BCUT2D eigenvalue weighted by molar-refractivity contribution is 5.86. The van der Waals surface area contributed by atoms with E-state index in [0.717, 1.165) is 16.5 Å². The van der Waals surface area contributed by atoms with E-state index in [1.54, 1.807) is 13.3 Å². The van der Waals surface area contributed by atoms with Gasteiger partial charge in [0.15, 0.2) is 0 Å². The Morgan fingerprint density at radius 1 is 1.00 bits per heavy atom. The maximum atomic E-state index is 5.82. The van der Waals surface area contributed by atoms with Crippen LogP contribution in [0.1, 0.15) is 17.2 Å². The third-order valence-corrected chi connectivity index (χ3v) is 3.61. The molecule has 106 valence electrons. The van der Waals surface area contributed by atoms with E-state index in [2.05, 4.69) is 34.7 Å². The number of hydrogen-bond donors (Lipinski definition) is 2. The van der Waals surface area contributed by atoms with Crippen molar-refractivity contribution in [2.45, 2.75) is 6.04 Å². The number of methoxy groups -OCH3 is 1. The fourth-order valence-electron chi connectivity index (χ4n) is 2.64. The highest BCUT2D eigenvalue weighted by Gasteiger charge is 2.19. The van der Waals surface area contributed by atoms with Gasteiger partial charge in [-0.3, -0.25) is 5.84 Å². The van der Waals surface area contributed by atoms with Crippen LogP contribution in [0.2, 0.25) is 0 Å². The van der Waals surface area contributed by atoms with E-state index in [4.69, 9.17) is 10.6 Å². The highest BCUT2D eigenvalue weighted by atomic mass is 16.5. The van der Waals surface area contributed by atoms with E-state index in [1.807, 2.05) is 30.3 Å². The lowest BCUT2D eigenvalue weighted by molar-refractivity contribution is 0.387. The van der Waals surface area contributed by atoms with Gasteiger partial charge in [-0.25, -0.2) is 10.4 Å². The third kappa shape index (κ3) is 2.46. The number of aromatic nitrogens is 1. The molecule has 0 aliphatic carbocycles. The van der Waals surface area contributed by atoms with Gasteiger partial charge in [-0.2, -0.15) is 0 Å². The van der Waals surface area contributed by atoms with Gasteiger partial charge in [-0.1, -0.05) is 48.5 Å². The average molecular weight is 279 g/mol. The first-order chi connectivity index (χ1) is 10.3. The summed E-state index contributed by atoms with van der Waals surface area (Å²) in [5.41, 5.74) is 4.90. The molecule has 0 bridgehead atoms. The van der Waals surface area contributed by atoms with Crippen LogP contribution in [0.3, 0.4) is 0 Å². The molecule has 4 heteroatoms. The summed E-state index contributed by atoms with van der Waals surface area (Å²) in [7, 11) is 1.61. The summed E-state index contributed by atoms with van der Waals surface area (Å²) in [5, 5.41) is 2.34. The van der Waals surface area contributed by atoms with Gasteiger partial charge in [-0.15, -0.1) is 0 Å². The van der Waals surface area contributed by atoms with Crippen LogP contribution in [0.4, 0.5) is 0 Å². The number of hydrazine groups is 1. The monoisotopic (exact) mass is 279 g/mol. The van der Waals surface area contributed by atoms with Crippen LogP contribution < -0.4 is 16.0 Å². The van der Waals surface area contributed by atoms with Gasteiger partial charge in [0, 0.05) is 11.8 Å². The van der Waals surface area contributed by atoms with Crippen LogP contribution in [0, 0.1) is 0 Å². The molecule has 4 nitrogen and oxygen atoms in total. The van der Waals surface area contributed by atoms with Crippen molar-refractivity contribution in [1.29, 1.82) is 0 Å². The molecule has 3 N–H and O–H groups in total. The molecule has 0 aliphatic rings. The summed E-state index contributed by atoms with van der Waals surface area (Å²) in [6.45, 7) is 0. The number of fused-ring (bicyclic) bond motifs is 1. The van der Waals surface area contributed by atoms with Crippen molar-refractivity contribution >= 4 is 10.8 Å².